The quantitative estimate of drug-likeness (QED) is 0.554. The Bertz CT molecular complexity index is 1070. The van der Waals surface area contributed by atoms with E-state index in [-0.39, 0.29) is 24.2 Å². The van der Waals surface area contributed by atoms with Crippen LogP contribution in [0.1, 0.15) is 12.0 Å². The number of carbonyl (C=O) groups is 2. The summed E-state index contributed by atoms with van der Waals surface area (Å²) in [7, 11) is 0. The first kappa shape index (κ1) is 20.8. The molecule has 2 heterocycles. The number of benzene rings is 2. The molecule has 1 aliphatic rings. The molecule has 30 heavy (non-hydrogen) atoms. The van der Waals surface area contributed by atoms with Gasteiger partial charge in [0.1, 0.15) is 0 Å². The third-order valence-corrected chi connectivity index (χ3v) is 6.35. The zero-order valence-corrected chi connectivity index (χ0v) is 18.3. The molecule has 0 aliphatic carbocycles. The molecular weight excluding hydrogens is 441 g/mol. The minimum atomic E-state index is -0.375. The molecule has 1 atom stereocenters. The predicted octanol–water partition coefficient (Wildman–Crippen LogP) is 5.15. The second-order valence-corrected chi connectivity index (χ2v) is 8.83. The highest BCUT2D eigenvalue weighted by Gasteiger charge is 2.34. The Balaban J connectivity index is 1.35. The van der Waals surface area contributed by atoms with Crippen LogP contribution in [0.25, 0.3) is 11.3 Å². The van der Waals surface area contributed by atoms with Gasteiger partial charge in [0.05, 0.1) is 16.6 Å². The van der Waals surface area contributed by atoms with E-state index in [1.54, 1.807) is 23.1 Å². The van der Waals surface area contributed by atoms with Gasteiger partial charge >= 0.3 is 0 Å². The fourth-order valence-electron chi connectivity index (χ4n) is 3.43. The Morgan fingerprint density at radius 2 is 2.00 bits per heavy atom. The summed E-state index contributed by atoms with van der Waals surface area (Å²) in [6.45, 7) is 1.04. The summed E-state index contributed by atoms with van der Waals surface area (Å²) in [5.41, 5.74) is 2.60. The summed E-state index contributed by atoms with van der Waals surface area (Å²) in [6.07, 6.45) is 1.00. The molecule has 0 radical (unpaired) electrons. The molecule has 2 amide bonds. The zero-order valence-electron chi connectivity index (χ0n) is 16.0. The van der Waals surface area contributed by atoms with Crippen LogP contribution in [0.5, 0.6) is 0 Å². The number of thiazole rings is 1. The first-order chi connectivity index (χ1) is 14.5. The molecule has 1 saturated heterocycles. The molecule has 1 aliphatic heterocycles. The Hall–Kier alpha value is -2.41. The van der Waals surface area contributed by atoms with Gasteiger partial charge in [0, 0.05) is 35.5 Å². The van der Waals surface area contributed by atoms with E-state index in [0.717, 1.165) is 12.0 Å². The monoisotopic (exact) mass is 459 g/mol. The second-order valence-electron chi connectivity index (χ2n) is 7.13. The molecule has 0 unspecified atom stereocenters. The fraction of sp³-hybridized carbons (Fsp3) is 0.227. The van der Waals surface area contributed by atoms with Gasteiger partial charge in [0.25, 0.3) is 0 Å². The van der Waals surface area contributed by atoms with E-state index in [1.165, 1.54) is 16.9 Å². The lowest BCUT2D eigenvalue weighted by atomic mass is 10.1. The maximum Gasteiger partial charge on any atom is 0.231 e. The molecule has 3 aromatic rings. The Morgan fingerprint density at radius 3 is 2.77 bits per heavy atom. The molecule has 1 fully saturated rings. The average Bonchev–Trinajstić information content (AvgIpc) is 3.34. The van der Waals surface area contributed by atoms with Crippen molar-refractivity contribution >= 4 is 51.5 Å². The molecule has 1 aromatic heterocycles. The summed E-state index contributed by atoms with van der Waals surface area (Å²) < 4.78 is 0. The minimum absolute atomic E-state index is 0.0128. The fourth-order valence-corrected chi connectivity index (χ4v) is 4.65. The maximum atomic E-state index is 12.7. The number of nitrogens with one attached hydrogen (secondary N) is 1. The number of hydrogen-bond donors (Lipinski definition) is 1. The number of aromatic nitrogens is 1. The van der Waals surface area contributed by atoms with Crippen LogP contribution in [-0.4, -0.2) is 34.8 Å². The number of nitrogens with zero attached hydrogens (tertiary/aromatic N) is 2. The maximum absolute atomic E-state index is 12.7. The smallest absolute Gasteiger partial charge is 0.231 e. The molecule has 0 bridgehead atoms. The number of carbonyl (C=O) groups excluding carboxylic acids is 2. The summed E-state index contributed by atoms with van der Waals surface area (Å²) >= 11 is 13.5. The van der Waals surface area contributed by atoms with E-state index < -0.39 is 0 Å². The van der Waals surface area contributed by atoms with E-state index in [0.29, 0.717) is 34.0 Å². The van der Waals surface area contributed by atoms with Gasteiger partial charge in [-0.15, -0.1) is 11.3 Å². The van der Waals surface area contributed by atoms with Gasteiger partial charge in [0.2, 0.25) is 11.8 Å². The van der Waals surface area contributed by atoms with Crippen molar-refractivity contribution in [2.45, 2.75) is 12.8 Å². The number of likely N-dealkylation sites (tertiary alicyclic amines) is 1. The van der Waals surface area contributed by atoms with Crippen LogP contribution < -0.4 is 5.32 Å². The van der Waals surface area contributed by atoms with Crippen molar-refractivity contribution in [1.29, 1.82) is 0 Å². The van der Waals surface area contributed by atoms with E-state index in [9.17, 15) is 9.59 Å². The van der Waals surface area contributed by atoms with Crippen molar-refractivity contribution in [3.05, 3.63) is 69.5 Å². The molecular formula is C22H19Cl2N3O2S. The van der Waals surface area contributed by atoms with Gasteiger partial charge in [0.15, 0.2) is 5.13 Å². The van der Waals surface area contributed by atoms with Crippen LogP contribution in [0.2, 0.25) is 10.0 Å². The SMILES string of the molecule is O=C(Nc1nc(-c2ccc(Cl)cc2Cl)cs1)[C@H]1CC(=O)N(CCc2ccccc2)C1. The molecule has 0 saturated carbocycles. The van der Waals surface area contributed by atoms with Crippen LogP contribution in [-0.2, 0) is 16.0 Å². The topological polar surface area (TPSA) is 62.3 Å². The number of halogens is 2. The van der Waals surface area contributed by atoms with Gasteiger partial charge in [-0.2, -0.15) is 0 Å². The largest absolute Gasteiger partial charge is 0.342 e. The van der Waals surface area contributed by atoms with Crippen LogP contribution in [0, 0.1) is 5.92 Å². The number of hydrogen-bond acceptors (Lipinski definition) is 4. The highest BCUT2D eigenvalue weighted by molar-refractivity contribution is 7.14. The normalized spacial score (nSPS) is 16.1. The molecule has 4 rings (SSSR count). The Morgan fingerprint density at radius 1 is 1.20 bits per heavy atom. The molecule has 2 aromatic carbocycles. The van der Waals surface area contributed by atoms with Gasteiger partial charge in [-0.25, -0.2) is 4.98 Å². The average molecular weight is 460 g/mol. The van der Waals surface area contributed by atoms with Crippen LogP contribution >= 0.6 is 34.5 Å². The van der Waals surface area contributed by atoms with Gasteiger partial charge < -0.3 is 10.2 Å². The van der Waals surface area contributed by atoms with Crippen molar-refractivity contribution in [2.75, 3.05) is 18.4 Å². The summed E-state index contributed by atoms with van der Waals surface area (Å²) in [5, 5.41) is 6.21. The highest BCUT2D eigenvalue weighted by atomic mass is 35.5. The number of amides is 2. The lowest BCUT2D eigenvalue weighted by Gasteiger charge is -2.16. The minimum Gasteiger partial charge on any atom is -0.342 e. The van der Waals surface area contributed by atoms with E-state index >= 15 is 0 Å². The molecule has 154 valence electrons. The Labute approximate surface area is 188 Å². The third kappa shape index (κ3) is 4.83. The zero-order chi connectivity index (χ0) is 21.1. The summed E-state index contributed by atoms with van der Waals surface area (Å²) in [4.78, 5) is 31.2. The van der Waals surface area contributed by atoms with Crippen LogP contribution in [0.4, 0.5) is 5.13 Å². The predicted molar refractivity (Wildman–Crippen MR) is 121 cm³/mol. The van der Waals surface area contributed by atoms with Crippen LogP contribution in [0.15, 0.2) is 53.9 Å². The number of rotatable bonds is 6. The van der Waals surface area contributed by atoms with Crippen molar-refractivity contribution in [3.63, 3.8) is 0 Å². The first-order valence-electron chi connectivity index (χ1n) is 9.53. The van der Waals surface area contributed by atoms with Crippen LogP contribution in [0.3, 0.4) is 0 Å². The molecule has 0 spiro atoms. The highest BCUT2D eigenvalue weighted by Crippen LogP contribution is 2.32. The van der Waals surface area contributed by atoms with Gasteiger partial charge in [-0.1, -0.05) is 53.5 Å². The Kier molecular flexibility index (Phi) is 6.37. The van der Waals surface area contributed by atoms with Crippen molar-refractivity contribution in [2.24, 2.45) is 5.92 Å². The lowest BCUT2D eigenvalue weighted by Crippen LogP contribution is -2.30. The van der Waals surface area contributed by atoms with E-state index in [2.05, 4.69) is 10.3 Å². The molecule has 1 N–H and O–H groups in total. The van der Waals surface area contributed by atoms with E-state index in [4.69, 9.17) is 23.2 Å². The van der Waals surface area contributed by atoms with Gasteiger partial charge in [-0.3, -0.25) is 9.59 Å². The first-order valence-corrected chi connectivity index (χ1v) is 11.2. The molecule has 5 nitrogen and oxygen atoms in total. The molecule has 8 heteroatoms. The summed E-state index contributed by atoms with van der Waals surface area (Å²) in [6, 6.07) is 15.2. The number of anilines is 1. The van der Waals surface area contributed by atoms with Crippen molar-refractivity contribution < 1.29 is 9.59 Å². The van der Waals surface area contributed by atoms with Crippen molar-refractivity contribution in [1.82, 2.24) is 9.88 Å². The van der Waals surface area contributed by atoms with Gasteiger partial charge in [-0.05, 0) is 30.2 Å². The lowest BCUT2D eigenvalue weighted by molar-refractivity contribution is -0.128. The van der Waals surface area contributed by atoms with Crippen molar-refractivity contribution in [3.8, 4) is 11.3 Å². The standard InChI is InChI=1S/C22H19Cl2N3O2S/c23-16-6-7-17(18(24)11-16)19-13-30-22(25-19)26-21(29)15-10-20(28)27(12-15)9-8-14-4-2-1-3-5-14/h1-7,11,13,15H,8-10,12H2,(H,25,26,29)/t15-/m0/s1. The summed E-state index contributed by atoms with van der Waals surface area (Å²) in [5.74, 6) is -0.549. The van der Waals surface area contributed by atoms with E-state index in [1.807, 2.05) is 35.7 Å². The second kappa shape index (κ2) is 9.16. The third-order valence-electron chi connectivity index (χ3n) is 5.04.